The first-order valence-electron chi connectivity index (χ1n) is 7.63. The average Bonchev–Trinajstić information content (AvgIpc) is 2.90. The van der Waals surface area contributed by atoms with Crippen molar-refractivity contribution < 1.29 is 14.3 Å². The molecular formula is C19H24O3. The van der Waals surface area contributed by atoms with Crippen molar-refractivity contribution >= 4 is 11.5 Å². The van der Waals surface area contributed by atoms with Gasteiger partial charge in [-0.15, -0.1) is 6.58 Å². The topological polar surface area (TPSA) is 35.5 Å². The smallest absolute Gasteiger partial charge is 0.302 e. The van der Waals surface area contributed by atoms with E-state index in [1.807, 2.05) is 32.0 Å². The second-order valence-electron chi connectivity index (χ2n) is 6.09. The minimum atomic E-state index is -0.452. The van der Waals surface area contributed by atoms with Crippen LogP contribution in [0.25, 0.3) is 5.57 Å². The van der Waals surface area contributed by atoms with Gasteiger partial charge in [-0.05, 0) is 25.0 Å². The lowest BCUT2D eigenvalue weighted by Gasteiger charge is -2.37. The summed E-state index contributed by atoms with van der Waals surface area (Å²) in [5.41, 5.74) is 1.88. The molecule has 0 radical (unpaired) electrons. The van der Waals surface area contributed by atoms with Crippen LogP contribution in [0.15, 0.2) is 49.1 Å². The molecule has 118 valence electrons. The van der Waals surface area contributed by atoms with E-state index in [0.29, 0.717) is 6.61 Å². The predicted octanol–water partition coefficient (Wildman–Crippen LogP) is 4.00. The van der Waals surface area contributed by atoms with Gasteiger partial charge in [-0.3, -0.25) is 4.79 Å². The molecule has 3 nitrogen and oxygen atoms in total. The first-order chi connectivity index (χ1) is 10.5. The Labute approximate surface area is 132 Å². The zero-order chi connectivity index (χ0) is 16.2. The number of carbonyl (C=O) groups is 1. The Kier molecular flexibility index (Phi) is 5.19. The molecule has 1 aliphatic carbocycles. The van der Waals surface area contributed by atoms with Gasteiger partial charge in [0.2, 0.25) is 0 Å². The van der Waals surface area contributed by atoms with E-state index in [1.54, 1.807) is 6.08 Å². The van der Waals surface area contributed by atoms with E-state index < -0.39 is 5.60 Å². The van der Waals surface area contributed by atoms with Crippen LogP contribution in [0.2, 0.25) is 0 Å². The van der Waals surface area contributed by atoms with Crippen LogP contribution in [0.5, 0.6) is 0 Å². The van der Waals surface area contributed by atoms with Gasteiger partial charge in [0, 0.05) is 13.3 Å². The number of hydrogen-bond donors (Lipinski definition) is 0. The molecular weight excluding hydrogens is 276 g/mol. The van der Waals surface area contributed by atoms with Gasteiger partial charge in [0.05, 0.1) is 18.1 Å². The van der Waals surface area contributed by atoms with Gasteiger partial charge in [0.25, 0.3) is 0 Å². The van der Waals surface area contributed by atoms with E-state index in [1.165, 1.54) is 12.5 Å². The number of hydrogen-bond acceptors (Lipinski definition) is 3. The van der Waals surface area contributed by atoms with E-state index >= 15 is 0 Å². The number of esters is 1. The first-order valence-corrected chi connectivity index (χ1v) is 7.63. The maximum absolute atomic E-state index is 11.4. The van der Waals surface area contributed by atoms with Gasteiger partial charge in [0.15, 0.2) is 0 Å². The zero-order valence-electron chi connectivity index (χ0n) is 13.5. The SMILES string of the molecule is C=CCOC(C)(C)[C@H]1C(c2ccccc2)=CC[C@@H]1OC(C)=O. The highest BCUT2D eigenvalue weighted by atomic mass is 16.5. The fourth-order valence-corrected chi connectivity index (χ4v) is 3.15. The number of ether oxygens (including phenoxy) is 2. The monoisotopic (exact) mass is 300 g/mol. The highest BCUT2D eigenvalue weighted by Crippen LogP contribution is 2.43. The van der Waals surface area contributed by atoms with Crippen molar-refractivity contribution in [2.24, 2.45) is 5.92 Å². The standard InChI is InChI=1S/C19H24O3/c1-5-13-21-19(3,4)18-16(15-9-7-6-8-10-15)11-12-17(18)22-14(2)20/h5-11,17-18H,1,12-13H2,2-4H3/t17-,18-/m0/s1. The Morgan fingerprint density at radius 2 is 2.05 bits per heavy atom. The van der Waals surface area contributed by atoms with Gasteiger partial charge >= 0.3 is 5.97 Å². The summed E-state index contributed by atoms with van der Waals surface area (Å²) < 4.78 is 11.5. The zero-order valence-corrected chi connectivity index (χ0v) is 13.5. The lowest BCUT2D eigenvalue weighted by Crippen LogP contribution is -2.42. The Hall–Kier alpha value is -1.87. The summed E-state index contributed by atoms with van der Waals surface area (Å²) in [6.07, 6.45) is 4.43. The van der Waals surface area contributed by atoms with Crippen molar-refractivity contribution in [3.05, 3.63) is 54.6 Å². The van der Waals surface area contributed by atoms with Crippen LogP contribution < -0.4 is 0 Å². The average molecular weight is 300 g/mol. The molecule has 0 bridgehead atoms. The van der Waals surface area contributed by atoms with E-state index in [0.717, 1.165) is 12.0 Å². The minimum absolute atomic E-state index is 0.00116. The third-order valence-electron chi connectivity index (χ3n) is 4.02. The third-order valence-corrected chi connectivity index (χ3v) is 4.02. The molecule has 1 aliphatic rings. The maximum Gasteiger partial charge on any atom is 0.302 e. The largest absolute Gasteiger partial charge is 0.461 e. The lowest BCUT2D eigenvalue weighted by atomic mass is 9.81. The minimum Gasteiger partial charge on any atom is -0.461 e. The first kappa shape index (κ1) is 16.5. The normalized spacial score (nSPS) is 21.3. The van der Waals surface area contributed by atoms with E-state index in [9.17, 15) is 4.79 Å². The summed E-state index contributed by atoms with van der Waals surface area (Å²) >= 11 is 0. The molecule has 0 heterocycles. The van der Waals surface area contributed by atoms with Crippen molar-refractivity contribution in [2.75, 3.05) is 6.61 Å². The lowest BCUT2D eigenvalue weighted by molar-refractivity contribution is -0.152. The molecule has 2 rings (SSSR count). The van der Waals surface area contributed by atoms with Crippen molar-refractivity contribution in [3.8, 4) is 0 Å². The fourth-order valence-electron chi connectivity index (χ4n) is 3.15. The summed E-state index contributed by atoms with van der Waals surface area (Å²) in [4.78, 5) is 11.4. The number of carbonyl (C=O) groups excluding carboxylic acids is 1. The molecule has 3 heteroatoms. The molecule has 1 aromatic carbocycles. The van der Waals surface area contributed by atoms with Crippen molar-refractivity contribution in [3.63, 3.8) is 0 Å². The van der Waals surface area contributed by atoms with Crippen molar-refractivity contribution in [1.82, 2.24) is 0 Å². The summed E-state index contributed by atoms with van der Waals surface area (Å²) in [5, 5.41) is 0. The second kappa shape index (κ2) is 6.93. The summed E-state index contributed by atoms with van der Waals surface area (Å²) in [7, 11) is 0. The van der Waals surface area contributed by atoms with Crippen LogP contribution in [-0.2, 0) is 14.3 Å². The molecule has 0 saturated carbocycles. The van der Waals surface area contributed by atoms with Gasteiger partial charge in [0.1, 0.15) is 6.10 Å². The quantitative estimate of drug-likeness (QED) is 0.588. The predicted molar refractivity (Wildman–Crippen MR) is 88.3 cm³/mol. The maximum atomic E-state index is 11.4. The summed E-state index contributed by atoms with van der Waals surface area (Å²) in [6, 6.07) is 10.2. The van der Waals surface area contributed by atoms with Crippen LogP contribution in [0, 0.1) is 5.92 Å². The highest BCUT2D eigenvalue weighted by Gasteiger charge is 2.43. The molecule has 0 spiro atoms. The van der Waals surface area contributed by atoms with Crippen LogP contribution in [0.3, 0.4) is 0 Å². The third kappa shape index (κ3) is 3.66. The van der Waals surface area contributed by atoms with Gasteiger partial charge in [-0.25, -0.2) is 0 Å². The van der Waals surface area contributed by atoms with Crippen LogP contribution in [0.4, 0.5) is 0 Å². The van der Waals surface area contributed by atoms with Crippen LogP contribution in [0.1, 0.15) is 32.8 Å². The van der Waals surface area contributed by atoms with Gasteiger partial charge < -0.3 is 9.47 Å². The van der Waals surface area contributed by atoms with Gasteiger partial charge in [-0.1, -0.05) is 42.5 Å². The summed E-state index contributed by atoms with van der Waals surface area (Å²) in [5.74, 6) is -0.254. The Balaban J connectivity index is 2.32. The van der Waals surface area contributed by atoms with Crippen LogP contribution >= 0.6 is 0 Å². The Bertz CT molecular complexity index is 557. The molecule has 0 aliphatic heterocycles. The van der Waals surface area contributed by atoms with Crippen molar-refractivity contribution in [2.45, 2.75) is 38.9 Å². The number of benzene rings is 1. The molecule has 0 aromatic heterocycles. The highest BCUT2D eigenvalue weighted by molar-refractivity contribution is 5.72. The van der Waals surface area contributed by atoms with E-state index in [-0.39, 0.29) is 18.0 Å². The van der Waals surface area contributed by atoms with E-state index in [4.69, 9.17) is 9.47 Å². The molecule has 2 atom stereocenters. The Morgan fingerprint density at radius 3 is 2.64 bits per heavy atom. The molecule has 0 fully saturated rings. The molecule has 0 amide bonds. The van der Waals surface area contributed by atoms with Crippen molar-refractivity contribution in [1.29, 1.82) is 0 Å². The Morgan fingerprint density at radius 1 is 1.36 bits per heavy atom. The summed E-state index contributed by atoms with van der Waals surface area (Å²) in [6.45, 7) is 9.72. The fraction of sp³-hybridized carbons (Fsp3) is 0.421. The number of rotatable bonds is 6. The molecule has 0 N–H and O–H groups in total. The molecule has 0 saturated heterocycles. The van der Waals surface area contributed by atoms with Crippen LogP contribution in [-0.4, -0.2) is 24.3 Å². The van der Waals surface area contributed by atoms with Gasteiger partial charge in [-0.2, -0.15) is 0 Å². The molecule has 22 heavy (non-hydrogen) atoms. The van der Waals surface area contributed by atoms with E-state index in [2.05, 4.69) is 24.8 Å². The molecule has 1 aromatic rings. The second-order valence-corrected chi connectivity index (χ2v) is 6.09. The molecule has 0 unspecified atom stereocenters.